The second kappa shape index (κ2) is 17.9. The molecule has 0 spiro atoms. The predicted octanol–water partition coefficient (Wildman–Crippen LogP) is 11.2. The number of fused-ring (bicyclic) bond motifs is 5. The third-order valence-corrected chi connectivity index (χ3v) is 10.2. The first-order chi connectivity index (χ1) is 27.2. The molecule has 4 heteroatoms. The van der Waals surface area contributed by atoms with Crippen molar-refractivity contribution in [3.63, 3.8) is 0 Å². The summed E-state index contributed by atoms with van der Waals surface area (Å²) in [5, 5.41) is 16.2. The third-order valence-electron chi connectivity index (χ3n) is 10.2. The Morgan fingerprint density at radius 2 is 0.909 bits per heavy atom. The predicted molar refractivity (Wildman–Crippen MR) is 226 cm³/mol. The van der Waals surface area contributed by atoms with Crippen molar-refractivity contribution in [1.29, 1.82) is 0 Å². The maximum absolute atomic E-state index is 9.16. The van der Waals surface area contributed by atoms with Gasteiger partial charge in [-0.2, -0.15) is 0 Å². The molecule has 0 radical (unpaired) electrons. The van der Waals surface area contributed by atoms with Crippen LogP contribution < -0.4 is 9.47 Å². The van der Waals surface area contributed by atoms with E-state index >= 15 is 0 Å². The van der Waals surface area contributed by atoms with E-state index in [1.54, 1.807) is 14.2 Å². The summed E-state index contributed by atoms with van der Waals surface area (Å²) in [6.07, 6.45) is 4.95. The quantitative estimate of drug-likeness (QED) is 0.0557. The lowest BCUT2D eigenvalue weighted by atomic mass is 9.80. The molecule has 0 heterocycles. The summed E-state index contributed by atoms with van der Waals surface area (Å²) in [4.78, 5) is 0. The van der Waals surface area contributed by atoms with Gasteiger partial charge in [0.25, 0.3) is 0 Å². The van der Waals surface area contributed by atoms with Gasteiger partial charge in [-0.15, -0.1) is 0 Å². The summed E-state index contributed by atoms with van der Waals surface area (Å²) in [6, 6.07) is 48.3. The van der Waals surface area contributed by atoms with Crippen molar-refractivity contribution < 1.29 is 19.3 Å². The summed E-state index contributed by atoms with van der Waals surface area (Å²) in [5.41, 5.74) is 4.35. The van der Waals surface area contributed by atoms with Gasteiger partial charge in [0, 0.05) is 37.2 Å². The largest absolute Gasteiger partial charge is 0.497 e. The van der Waals surface area contributed by atoms with Crippen molar-refractivity contribution >= 4 is 32.3 Å². The molecular weight excluding hydrogens is 677 g/mol. The van der Waals surface area contributed by atoms with Crippen molar-refractivity contribution in [1.82, 2.24) is 0 Å². The molecule has 55 heavy (non-hydrogen) atoms. The molecule has 7 aromatic carbocycles. The van der Waals surface area contributed by atoms with E-state index in [0.717, 1.165) is 88.6 Å². The van der Waals surface area contributed by atoms with Crippen LogP contribution in [-0.4, -0.2) is 32.5 Å². The zero-order chi connectivity index (χ0) is 37.9. The van der Waals surface area contributed by atoms with Crippen LogP contribution in [0, 0.1) is 23.7 Å². The summed E-state index contributed by atoms with van der Waals surface area (Å²) in [5.74, 6) is 15.4. The number of ether oxygens (including phenoxy) is 3. The highest BCUT2D eigenvalue weighted by molar-refractivity contribution is 6.20. The number of aliphatic hydroxyl groups is 1. The highest BCUT2D eigenvalue weighted by Crippen LogP contribution is 2.42. The Kier molecular flexibility index (Phi) is 12.1. The maximum atomic E-state index is 9.16. The van der Waals surface area contributed by atoms with E-state index in [2.05, 4.69) is 133 Å². The minimum atomic E-state index is -0.830. The van der Waals surface area contributed by atoms with Gasteiger partial charge in [-0.25, -0.2) is 0 Å². The van der Waals surface area contributed by atoms with Crippen molar-refractivity contribution in [2.75, 3.05) is 27.4 Å². The monoisotopic (exact) mass is 722 g/mol. The van der Waals surface area contributed by atoms with Crippen LogP contribution in [0.5, 0.6) is 11.5 Å². The van der Waals surface area contributed by atoms with Crippen molar-refractivity contribution in [3.8, 4) is 35.2 Å². The molecular formula is C51H46O4. The number of hydrogen-bond donors (Lipinski definition) is 1. The smallest absolute Gasteiger partial charge is 0.143 e. The molecule has 0 saturated heterocycles. The van der Waals surface area contributed by atoms with Crippen LogP contribution in [0.25, 0.3) is 32.3 Å². The van der Waals surface area contributed by atoms with Gasteiger partial charge in [-0.05, 0) is 111 Å². The maximum Gasteiger partial charge on any atom is 0.143 e. The van der Waals surface area contributed by atoms with Gasteiger partial charge in [-0.3, -0.25) is 0 Å². The Balaban J connectivity index is 1.14. The molecule has 0 aliphatic heterocycles. The first-order valence-corrected chi connectivity index (χ1v) is 19.1. The van der Waals surface area contributed by atoms with E-state index in [-0.39, 0.29) is 6.61 Å². The average molecular weight is 723 g/mol. The molecule has 4 nitrogen and oxygen atoms in total. The molecule has 0 bridgehead atoms. The average Bonchev–Trinajstić information content (AvgIpc) is 3.25. The van der Waals surface area contributed by atoms with Crippen molar-refractivity contribution in [2.45, 2.75) is 44.1 Å². The number of methoxy groups -OCH3 is 2. The molecule has 0 amide bonds. The number of unbranched alkanes of at least 4 members (excludes halogenated alkanes) is 4. The zero-order valence-electron chi connectivity index (χ0n) is 31.6. The molecule has 0 aromatic heterocycles. The topological polar surface area (TPSA) is 47.9 Å². The normalized spacial score (nSPS) is 11.2. The van der Waals surface area contributed by atoms with Crippen LogP contribution >= 0.6 is 0 Å². The van der Waals surface area contributed by atoms with Crippen LogP contribution in [0.2, 0.25) is 0 Å². The second-order valence-electron chi connectivity index (χ2n) is 13.6. The fraction of sp³-hybridized carbons (Fsp3) is 0.216. The van der Waals surface area contributed by atoms with Crippen LogP contribution in [-0.2, 0) is 10.3 Å². The number of hydrogen-bond acceptors (Lipinski definition) is 4. The first kappa shape index (κ1) is 37.3. The van der Waals surface area contributed by atoms with E-state index in [1.165, 1.54) is 21.5 Å². The Morgan fingerprint density at radius 3 is 1.38 bits per heavy atom. The van der Waals surface area contributed by atoms with Crippen molar-refractivity contribution in [2.24, 2.45) is 0 Å². The summed E-state index contributed by atoms with van der Waals surface area (Å²) in [7, 11) is 3.37. The number of rotatable bonds is 13. The summed E-state index contributed by atoms with van der Waals surface area (Å²) < 4.78 is 18.1. The lowest BCUT2D eigenvalue weighted by Crippen LogP contribution is -2.33. The van der Waals surface area contributed by atoms with E-state index in [0.29, 0.717) is 6.61 Å². The SMILES string of the molecule is COc1ccc(C(OCCCCC#Cc2cc3c4ccccc4c(C#CCCCCO)cc3c3ccccc23)(c2ccccc2)c2ccc(OC)cc2)cc1. The third kappa shape index (κ3) is 8.08. The molecule has 7 aromatic rings. The van der Waals surface area contributed by atoms with Crippen LogP contribution in [0.15, 0.2) is 140 Å². The molecule has 0 aliphatic carbocycles. The Morgan fingerprint density at radius 1 is 0.473 bits per heavy atom. The lowest BCUT2D eigenvalue weighted by Gasteiger charge is -2.36. The Bertz CT molecular complexity index is 2450. The molecule has 7 rings (SSSR count). The number of aliphatic hydroxyl groups excluding tert-OH is 1. The molecule has 274 valence electrons. The molecule has 0 saturated carbocycles. The fourth-order valence-corrected chi connectivity index (χ4v) is 7.41. The molecule has 0 fully saturated rings. The van der Waals surface area contributed by atoms with E-state index < -0.39 is 5.60 Å². The van der Waals surface area contributed by atoms with Gasteiger partial charge in [0.05, 0.1) is 14.2 Å². The summed E-state index contributed by atoms with van der Waals surface area (Å²) >= 11 is 0. The second-order valence-corrected chi connectivity index (χ2v) is 13.6. The zero-order valence-corrected chi connectivity index (χ0v) is 31.6. The van der Waals surface area contributed by atoms with Crippen LogP contribution in [0.1, 0.15) is 66.3 Å². The molecule has 0 aliphatic rings. The first-order valence-electron chi connectivity index (χ1n) is 19.1. The van der Waals surface area contributed by atoms with Gasteiger partial charge in [0.2, 0.25) is 0 Å². The van der Waals surface area contributed by atoms with Gasteiger partial charge < -0.3 is 19.3 Å². The molecule has 0 unspecified atom stereocenters. The summed E-state index contributed by atoms with van der Waals surface area (Å²) in [6.45, 7) is 0.754. The molecule has 1 N–H and O–H groups in total. The highest BCUT2D eigenvalue weighted by atomic mass is 16.5. The standard InChI is InChI=1S/C51H46O4/c1-53-43-30-26-41(27-31-43)51(40-20-10-7-11-21-40,42-28-32-44(54-2)33-29-42)55-35-17-6-4-9-19-39-37-50-47-24-14-12-22-45(47)38(18-8-3-5-16-34-52)36-49(50)48-25-15-13-23-46(39)48/h7,10-15,20-33,36-37,52H,3-6,16-17,34-35H2,1-2H3. The van der Waals surface area contributed by atoms with Crippen molar-refractivity contribution in [3.05, 3.63) is 167 Å². The Hall–Kier alpha value is -6.04. The Labute approximate surface area is 324 Å². The minimum Gasteiger partial charge on any atom is -0.497 e. The van der Waals surface area contributed by atoms with Crippen LogP contribution in [0.3, 0.4) is 0 Å². The lowest BCUT2D eigenvalue weighted by molar-refractivity contribution is 0.0109. The van der Waals surface area contributed by atoms with Gasteiger partial charge in [-0.1, -0.05) is 127 Å². The minimum absolute atomic E-state index is 0.207. The fourth-order valence-electron chi connectivity index (χ4n) is 7.41. The van der Waals surface area contributed by atoms with Gasteiger partial charge in [0.1, 0.15) is 17.1 Å². The van der Waals surface area contributed by atoms with Gasteiger partial charge in [0.15, 0.2) is 0 Å². The van der Waals surface area contributed by atoms with Gasteiger partial charge >= 0.3 is 0 Å². The van der Waals surface area contributed by atoms with Crippen LogP contribution in [0.4, 0.5) is 0 Å². The van der Waals surface area contributed by atoms with E-state index in [1.807, 2.05) is 30.3 Å². The molecule has 0 atom stereocenters. The number of benzene rings is 7. The van der Waals surface area contributed by atoms with E-state index in [9.17, 15) is 0 Å². The van der Waals surface area contributed by atoms with E-state index in [4.69, 9.17) is 19.3 Å². The highest BCUT2D eigenvalue weighted by Gasteiger charge is 2.37.